The molecule has 0 saturated carbocycles. The van der Waals surface area contributed by atoms with Gasteiger partial charge in [0.1, 0.15) is 4.21 Å². The summed E-state index contributed by atoms with van der Waals surface area (Å²) in [5.41, 5.74) is 5.40. The van der Waals surface area contributed by atoms with Crippen molar-refractivity contribution in [2.75, 3.05) is 26.2 Å². The molecule has 0 radical (unpaired) electrons. The molecule has 1 aliphatic heterocycles. The molecule has 0 aliphatic carbocycles. The van der Waals surface area contributed by atoms with E-state index in [4.69, 9.17) is 5.73 Å². The summed E-state index contributed by atoms with van der Waals surface area (Å²) in [4.78, 5) is 12.6. The van der Waals surface area contributed by atoms with Crippen LogP contribution in [0, 0.1) is 0 Å². The van der Waals surface area contributed by atoms with Crippen LogP contribution in [0.5, 0.6) is 0 Å². The Morgan fingerprint density at radius 3 is 2.58 bits per heavy atom. The van der Waals surface area contributed by atoms with Gasteiger partial charge in [-0.2, -0.15) is 4.31 Å². The number of hydrogen-bond acceptors (Lipinski definition) is 5. The van der Waals surface area contributed by atoms with Crippen molar-refractivity contribution in [1.29, 1.82) is 0 Å². The maximum Gasteiger partial charge on any atom is 0.252 e. The Hall–Kier alpha value is -0.670. The zero-order valence-electron chi connectivity index (χ0n) is 13.7. The molecule has 9 heteroatoms. The van der Waals surface area contributed by atoms with Crippen LogP contribution in [0.25, 0.3) is 0 Å². The van der Waals surface area contributed by atoms with Crippen LogP contribution in [-0.2, 0) is 21.2 Å². The largest absolute Gasteiger partial charge is 0.356 e. The third-order valence-electron chi connectivity index (χ3n) is 3.83. The predicted molar refractivity (Wildman–Crippen MR) is 99.2 cm³/mol. The van der Waals surface area contributed by atoms with Crippen LogP contribution < -0.4 is 11.1 Å². The number of carbonyl (C=O) groups is 1. The molecule has 138 valence electrons. The summed E-state index contributed by atoms with van der Waals surface area (Å²) in [7, 11) is -3.40. The molecule has 1 saturated heterocycles. The second-order valence-electron chi connectivity index (χ2n) is 5.71. The smallest absolute Gasteiger partial charge is 0.252 e. The number of carbonyl (C=O) groups excluding carboxylic acids is 1. The maximum atomic E-state index is 12.6. The molecule has 2 heterocycles. The van der Waals surface area contributed by atoms with E-state index in [1.807, 2.05) is 0 Å². The van der Waals surface area contributed by atoms with Gasteiger partial charge >= 0.3 is 0 Å². The minimum Gasteiger partial charge on any atom is -0.356 e. The average Bonchev–Trinajstić information content (AvgIpc) is 3.02. The molecule has 1 amide bonds. The monoisotopic (exact) mass is 395 g/mol. The topological polar surface area (TPSA) is 92.5 Å². The number of thiophene rings is 1. The summed E-state index contributed by atoms with van der Waals surface area (Å²) >= 11 is 1.20. The Balaban J connectivity index is 0.00000288. The van der Waals surface area contributed by atoms with Crippen LogP contribution in [-0.4, -0.2) is 44.8 Å². The lowest BCUT2D eigenvalue weighted by molar-refractivity contribution is -0.120. The van der Waals surface area contributed by atoms with Crippen LogP contribution in [0.2, 0.25) is 0 Å². The molecule has 1 fully saturated rings. The fourth-order valence-corrected chi connectivity index (χ4v) is 5.57. The van der Waals surface area contributed by atoms with Crippen LogP contribution in [0.1, 0.15) is 37.0 Å². The number of nitrogens with one attached hydrogen (secondary N) is 1. The minimum absolute atomic E-state index is 0. The first-order chi connectivity index (χ1) is 11.0. The molecular weight excluding hydrogens is 370 g/mol. The first-order valence-corrected chi connectivity index (χ1v) is 10.4. The highest BCUT2D eigenvalue weighted by molar-refractivity contribution is 7.91. The summed E-state index contributed by atoms with van der Waals surface area (Å²) in [5.74, 6) is -0.0780. The van der Waals surface area contributed by atoms with E-state index in [0.717, 1.165) is 37.0 Å². The van der Waals surface area contributed by atoms with E-state index in [1.165, 1.54) is 11.3 Å². The standard InChI is InChI=1S/C15H25N3O3S2.ClH/c16-8-2-3-9-17-14(19)12-13-6-7-15(22-13)23(20,21)18-10-4-1-5-11-18;/h6-7H,1-5,8-12,16H2,(H,17,19);1H. The second kappa shape index (κ2) is 10.4. The van der Waals surface area contributed by atoms with Gasteiger partial charge in [0.25, 0.3) is 10.0 Å². The lowest BCUT2D eigenvalue weighted by Crippen LogP contribution is -2.35. The van der Waals surface area contributed by atoms with Gasteiger partial charge in [-0.15, -0.1) is 23.7 Å². The number of unbranched alkanes of at least 4 members (excludes halogenated alkanes) is 1. The molecule has 0 atom stereocenters. The summed E-state index contributed by atoms with van der Waals surface area (Å²) in [6.07, 6.45) is 4.90. The van der Waals surface area contributed by atoms with Crippen molar-refractivity contribution in [3.63, 3.8) is 0 Å². The molecule has 24 heavy (non-hydrogen) atoms. The van der Waals surface area contributed by atoms with Crippen molar-refractivity contribution in [3.8, 4) is 0 Å². The molecule has 3 N–H and O–H groups in total. The van der Waals surface area contributed by atoms with Crippen molar-refractivity contribution >= 4 is 39.7 Å². The van der Waals surface area contributed by atoms with Crippen molar-refractivity contribution in [3.05, 3.63) is 17.0 Å². The minimum atomic E-state index is -3.40. The zero-order chi connectivity index (χ0) is 16.7. The number of hydrogen-bond donors (Lipinski definition) is 2. The lowest BCUT2D eigenvalue weighted by atomic mass is 10.2. The number of rotatable bonds is 8. The molecule has 0 unspecified atom stereocenters. The van der Waals surface area contributed by atoms with Gasteiger partial charge in [-0.05, 0) is 44.4 Å². The molecule has 2 rings (SSSR count). The van der Waals surface area contributed by atoms with Crippen LogP contribution in [0.4, 0.5) is 0 Å². The van der Waals surface area contributed by atoms with E-state index in [0.29, 0.717) is 30.4 Å². The molecule has 0 spiro atoms. The van der Waals surface area contributed by atoms with E-state index in [9.17, 15) is 13.2 Å². The Bertz CT molecular complexity index is 613. The Morgan fingerprint density at radius 1 is 1.21 bits per heavy atom. The maximum absolute atomic E-state index is 12.6. The van der Waals surface area contributed by atoms with E-state index in [1.54, 1.807) is 16.4 Å². The van der Waals surface area contributed by atoms with Crippen LogP contribution in [0.3, 0.4) is 0 Å². The normalized spacial score (nSPS) is 15.7. The number of nitrogens with two attached hydrogens (primary N) is 1. The molecule has 1 aromatic rings. The number of amides is 1. The van der Waals surface area contributed by atoms with Gasteiger partial charge in [-0.1, -0.05) is 6.42 Å². The van der Waals surface area contributed by atoms with Gasteiger partial charge in [0.05, 0.1) is 6.42 Å². The number of piperidine rings is 1. The van der Waals surface area contributed by atoms with E-state index >= 15 is 0 Å². The Kier molecular flexibility index (Phi) is 9.22. The molecule has 6 nitrogen and oxygen atoms in total. The zero-order valence-corrected chi connectivity index (χ0v) is 16.1. The van der Waals surface area contributed by atoms with Gasteiger partial charge in [-0.25, -0.2) is 8.42 Å². The van der Waals surface area contributed by atoms with Gasteiger partial charge < -0.3 is 11.1 Å². The van der Waals surface area contributed by atoms with E-state index in [-0.39, 0.29) is 24.7 Å². The lowest BCUT2D eigenvalue weighted by Gasteiger charge is -2.25. The molecule has 0 bridgehead atoms. The van der Waals surface area contributed by atoms with Crippen molar-refractivity contribution in [2.24, 2.45) is 5.73 Å². The van der Waals surface area contributed by atoms with Gasteiger partial charge in [-0.3, -0.25) is 4.79 Å². The first-order valence-electron chi connectivity index (χ1n) is 8.09. The van der Waals surface area contributed by atoms with E-state index < -0.39 is 10.0 Å². The van der Waals surface area contributed by atoms with Gasteiger partial charge in [0.2, 0.25) is 5.91 Å². The highest BCUT2D eigenvalue weighted by atomic mass is 35.5. The third-order valence-corrected chi connectivity index (χ3v) is 7.29. The van der Waals surface area contributed by atoms with Gasteiger partial charge in [0.15, 0.2) is 0 Å². The molecule has 1 aromatic heterocycles. The summed E-state index contributed by atoms with van der Waals surface area (Å²) < 4.78 is 27.0. The Labute approximate surface area is 154 Å². The van der Waals surface area contributed by atoms with Crippen molar-refractivity contribution in [1.82, 2.24) is 9.62 Å². The fourth-order valence-electron chi connectivity index (χ4n) is 2.54. The molecule has 1 aliphatic rings. The van der Waals surface area contributed by atoms with Crippen LogP contribution >= 0.6 is 23.7 Å². The summed E-state index contributed by atoms with van der Waals surface area (Å²) in [6.45, 7) is 2.42. The highest BCUT2D eigenvalue weighted by Gasteiger charge is 2.27. The quantitative estimate of drug-likeness (QED) is 0.655. The summed E-state index contributed by atoms with van der Waals surface area (Å²) in [6, 6.07) is 3.35. The predicted octanol–water partition coefficient (Wildman–Crippen LogP) is 1.74. The number of sulfonamides is 1. The van der Waals surface area contributed by atoms with Crippen molar-refractivity contribution in [2.45, 2.75) is 42.7 Å². The highest BCUT2D eigenvalue weighted by Crippen LogP contribution is 2.27. The third kappa shape index (κ3) is 6.00. The Morgan fingerprint density at radius 2 is 1.92 bits per heavy atom. The van der Waals surface area contributed by atoms with Crippen LogP contribution in [0.15, 0.2) is 16.3 Å². The molecular formula is C15H26ClN3O3S2. The average molecular weight is 396 g/mol. The first kappa shape index (κ1) is 21.4. The fraction of sp³-hybridized carbons (Fsp3) is 0.667. The SMILES string of the molecule is Cl.NCCCCNC(=O)Cc1ccc(S(=O)(=O)N2CCCCC2)s1. The van der Waals surface area contributed by atoms with E-state index in [2.05, 4.69) is 5.32 Å². The van der Waals surface area contributed by atoms with Gasteiger partial charge in [0, 0.05) is 24.5 Å². The second-order valence-corrected chi connectivity index (χ2v) is 9.04. The number of halogens is 1. The van der Waals surface area contributed by atoms with Crippen molar-refractivity contribution < 1.29 is 13.2 Å². The molecule has 0 aromatic carbocycles. The summed E-state index contributed by atoms with van der Waals surface area (Å²) in [5, 5.41) is 2.83. The number of nitrogens with zero attached hydrogens (tertiary/aromatic N) is 1.